The van der Waals surface area contributed by atoms with Crippen molar-refractivity contribution in [1.82, 2.24) is 0 Å². The zero-order valence-corrected chi connectivity index (χ0v) is 13.0. The van der Waals surface area contributed by atoms with E-state index in [0.717, 1.165) is 11.1 Å². The second kappa shape index (κ2) is 6.65. The van der Waals surface area contributed by atoms with Crippen LogP contribution >= 0.6 is 0 Å². The first-order chi connectivity index (χ1) is 11.1. The molecule has 0 aliphatic carbocycles. The van der Waals surface area contributed by atoms with Crippen molar-refractivity contribution < 1.29 is 19.1 Å². The maximum absolute atomic E-state index is 12.0. The molecule has 0 saturated heterocycles. The van der Waals surface area contributed by atoms with Crippen LogP contribution in [0.3, 0.4) is 0 Å². The fourth-order valence-corrected chi connectivity index (χ4v) is 2.42. The molecular weight excluding hydrogens is 292 g/mol. The smallest absolute Gasteiger partial charge is 0.338 e. The number of rotatable bonds is 0. The highest BCUT2D eigenvalue weighted by Gasteiger charge is 2.13. The Morgan fingerprint density at radius 2 is 1.17 bits per heavy atom. The first-order valence-electron chi connectivity index (χ1n) is 7.68. The summed E-state index contributed by atoms with van der Waals surface area (Å²) in [6, 6.07) is 14.5. The lowest BCUT2D eigenvalue weighted by molar-refractivity contribution is 0.0367. The topological polar surface area (TPSA) is 52.6 Å². The molecule has 3 heterocycles. The average Bonchev–Trinajstić information content (AvgIpc) is 2.59. The summed E-state index contributed by atoms with van der Waals surface area (Å²) in [7, 11) is 0. The molecule has 1 unspecified atom stereocenters. The molecule has 4 bridgehead atoms. The van der Waals surface area contributed by atoms with Gasteiger partial charge in [0.2, 0.25) is 0 Å². The van der Waals surface area contributed by atoms with E-state index < -0.39 is 0 Å². The Bertz CT molecular complexity index is 701. The van der Waals surface area contributed by atoms with E-state index in [1.807, 2.05) is 31.2 Å². The molecule has 0 amide bonds. The van der Waals surface area contributed by atoms with E-state index in [9.17, 15) is 9.59 Å². The molecule has 2 aromatic rings. The van der Waals surface area contributed by atoms with E-state index >= 15 is 0 Å². The number of fused-ring (bicyclic) bond motifs is 2. The number of benzene rings is 2. The van der Waals surface area contributed by atoms with Crippen molar-refractivity contribution in [1.29, 1.82) is 0 Å². The van der Waals surface area contributed by atoms with Gasteiger partial charge in [0.05, 0.1) is 24.3 Å². The highest BCUT2D eigenvalue weighted by atomic mass is 16.5. The molecule has 5 rings (SSSR count). The van der Waals surface area contributed by atoms with Crippen LogP contribution in [0.4, 0.5) is 0 Å². The highest BCUT2D eigenvalue weighted by Crippen LogP contribution is 2.21. The summed E-state index contributed by atoms with van der Waals surface area (Å²) in [5.41, 5.74) is 3.02. The van der Waals surface area contributed by atoms with Gasteiger partial charge in [-0.15, -0.1) is 0 Å². The van der Waals surface area contributed by atoms with Gasteiger partial charge < -0.3 is 9.47 Å². The van der Waals surface area contributed by atoms with E-state index in [-0.39, 0.29) is 17.9 Å². The van der Waals surface area contributed by atoms with Crippen molar-refractivity contribution in [2.24, 2.45) is 5.92 Å². The molecule has 0 saturated carbocycles. The largest absolute Gasteiger partial charge is 0.462 e. The van der Waals surface area contributed by atoms with Crippen LogP contribution in [0.2, 0.25) is 0 Å². The average molecular weight is 310 g/mol. The van der Waals surface area contributed by atoms with Crippen LogP contribution in [0.5, 0.6) is 0 Å². The lowest BCUT2D eigenvalue weighted by Gasteiger charge is -2.13. The van der Waals surface area contributed by atoms with Gasteiger partial charge in [0.15, 0.2) is 0 Å². The predicted octanol–water partition coefficient (Wildman–Crippen LogP) is 3.71. The van der Waals surface area contributed by atoms with Crippen molar-refractivity contribution in [2.75, 3.05) is 13.2 Å². The van der Waals surface area contributed by atoms with Gasteiger partial charge in [-0.25, -0.2) is 9.59 Å². The second-order valence-electron chi connectivity index (χ2n) is 5.78. The molecule has 0 spiro atoms. The molecule has 0 N–H and O–H groups in total. The Labute approximate surface area is 135 Å². The molecule has 2 aromatic carbocycles. The Balaban J connectivity index is 1.93. The Hall–Kier alpha value is -2.62. The summed E-state index contributed by atoms with van der Waals surface area (Å²) < 4.78 is 10.6. The van der Waals surface area contributed by atoms with Crippen molar-refractivity contribution in [2.45, 2.75) is 13.3 Å². The number of ether oxygens (including phenoxy) is 2. The van der Waals surface area contributed by atoms with Gasteiger partial charge in [-0.05, 0) is 47.7 Å². The molecule has 3 aliphatic heterocycles. The van der Waals surface area contributed by atoms with Crippen LogP contribution in [-0.2, 0) is 9.47 Å². The SMILES string of the molecule is CC1CCOC(=O)c2ccc(cc2)-c2ccc(cc2)C(=O)OC1. The first kappa shape index (κ1) is 15.3. The van der Waals surface area contributed by atoms with Gasteiger partial charge in [-0.2, -0.15) is 0 Å². The Morgan fingerprint density at radius 3 is 1.70 bits per heavy atom. The van der Waals surface area contributed by atoms with Crippen LogP contribution in [0.15, 0.2) is 48.5 Å². The standard InChI is InChI=1S/C19H18O4/c1-13-10-11-22-18(20)16-6-2-14(3-7-16)15-4-8-17(9-5-15)19(21)23-12-13/h2-9,13H,10-12H2,1H3. The van der Waals surface area contributed by atoms with E-state index in [4.69, 9.17) is 9.47 Å². The number of hydrogen-bond donors (Lipinski definition) is 0. The van der Waals surface area contributed by atoms with Crippen LogP contribution in [0.1, 0.15) is 34.1 Å². The summed E-state index contributed by atoms with van der Waals surface area (Å²) in [5.74, 6) is -0.535. The van der Waals surface area contributed by atoms with Crippen LogP contribution in [0, 0.1) is 5.92 Å². The summed E-state index contributed by atoms with van der Waals surface area (Å²) in [6.07, 6.45) is 0.649. The zero-order valence-electron chi connectivity index (χ0n) is 13.0. The third-order valence-corrected chi connectivity index (χ3v) is 3.92. The number of hydrogen-bond acceptors (Lipinski definition) is 4. The molecule has 3 aliphatic rings. The molecule has 4 heteroatoms. The van der Waals surface area contributed by atoms with Crippen LogP contribution in [0.25, 0.3) is 11.1 Å². The molecule has 0 aromatic heterocycles. The molecular formula is C19H18O4. The lowest BCUT2D eigenvalue weighted by atomic mass is 10.0. The minimum atomic E-state index is -0.331. The number of esters is 2. The summed E-state index contributed by atoms with van der Waals surface area (Å²) in [6.45, 7) is 2.58. The van der Waals surface area contributed by atoms with Gasteiger partial charge in [-0.3, -0.25) is 0 Å². The fraction of sp³-hybridized carbons (Fsp3) is 0.263. The normalized spacial score (nSPS) is 18.6. The van der Waals surface area contributed by atoms with E-state index in [1.165, 1.54) is 0 Å². The van der Waals surface area contributed by atoms with E-state index in [1.54, 1.807) is 24.3 Å². The third kappa shape index (κ3) is 3.59. The maximum atomic E-state index is 12.0. The molecule has 1 atom stereocenters. The number of carbonyl (C=O) groups is 2. The molecule has 118 valence electrons. The molecule has 0 radical (unpaired) electrons. The molecule has 4 nitrogen and oxygen atoms in total. The van der Waals surface area contributed by atoms with Crippen molar-refractivity contribution in [3.8, 4) is 11.1 Å². The van der Waals surface area contributed by atoms with Gasteiger partial charge in [0.25, 0.3) is 0 Å². The summed E-state index contributed by atoms with van der Waals surface area (Å²) in [4.78, 5) is 24.0. The van der Waals surface area contributed by atoms with Crippen molar-refractivity contribution in [3.63, 3.8) is 0 Å². The van der Waals surface area contributed by atoms with Crippen molar-refractivity contribution >= 4 is 11.9 Å². The first-order valence-corrected chi connectivity index (χ1v) is 7.68. The number of carbonyl (C=O) groups excluding carboxylic acids is 2. The summed E-state index contributed by atoms with van der Waals surface area (Å²) in [5, 5.41) is 0. The Morgan fingerprint density at radius 1 is 0.739 bits per heavy atom. The van der Waals surface area contributed by atoms with Gasteiger partial charge in [0.1, 0.15) is 0 Å². The second-order valence-corrected chi connectivity index (χ2v) is 5.78. The van der Waals surface area contributed by atoms with Gasteiger partial charge in [-0.1, -0.05) is 31.2 Å². The maximum Gasteiger partial charge on any atom is 0.338 e. The van der Waals surface area contributed by atoms with Crippen LogP contribution < -0.4 is 0 Å². The molecule has 23 heavy (non-hydrogen) atoms. The quantitative estimate of drug-likeness (QED) is 0.696. The van der Waals surface area contributed by atoms with Gasteiger partial charge in [0, 0.05) is 0 Å². The minimum absolute atomic E-state index is 0.126. The highest BCUT2D eigenvalue weighted by molar-refractivity contribution is 5.91. The summed E-state index contributed by atoms with van der Waals surface area (Å²) >= 11 is 0. The van der Waals surface area contributed by atoms with E-state index in [0.29, 0.717) is 30.8 Å². The fourth-order valence-electron chi connectivity index (χ4n) is 2.42. The monoisotopic (exact) mass is 310 g/mol. The predicted molar refractivity (Wildman–Crippen MR) is 86.2 cm³/mol. The molecule has 0 fully saturated rings. The van der Waals surface area contributed by atoms with E-state index in [2.05, 4.69) is 0 Å². The minimum Gasteiger partial charge on any atom is -0.462 e. The Kier molecular flexibility index (Phi) is 4.42. The third-order valence-electron chi connectivity index (χ3n) is 3.92. The lowest BCUT2D eigenvalue weighted by Crippen LogP contribution is -2.15. The van der Waals surface area contributed by atoms with Crippen LogP contribution in [-0.4, -0.2) is 25.2 Å². The zero-order chi connectivity index (χ0) is 16.2. The van der Waals surface area contributed by atoms with Gasteiger partial charge >= 0.3 is 11.9 Å². The van der Waals surface area contributed by atoms with Crippen molar-refractivity contribution in [3.05, 3.63) is 59.7 Å².